The molecule has 0 radical (unpaired) electrons. The van der Waals surface area contributed by atoms with E-state index in [0.717, 1.165) is 13.1 Å². The highest BCUT2D eigenvalue weighted by Gasteiger charge is 2.30. The Morgan fingerprint density at radius 1 is 1.33 bits per heavy atom. The van der Waals surface area contributed by atoms with Crippen molar-refractivity contribution in [2.45, 2.75) is 32.7 Å². The summed E-state index contributed by atoms with van der Waals surface area (Å²) in [4.78, 5) is 11.3. The molecule has 3 heteroatoms. The molecule has 0 heterocycles. The molecule has 1 N–H and O–H groups in total. The fourth-order valence-corrected chi connectivity index (χ4v) is 2.34. The molecule has 0 saturated heterocycles. The SMILES string of the molecule is COC(=O)c1ccc(CNCC2(C)CCC2)cc1. The Morgan fingerprint density at radius 3 is 2.50 bits per heavy atom. The van der Waals surface area contributed by atoms with Crippen LogP contribution in [-0.4, -0.2) is 19.6 Å². The summed E-state index contributed by atoms with van der Waals surface area (Å²) in [6.07, 6.45) is 4.04. The number of methoxy groups -OCH3 is 1. The van der Waals surface area contributed by atoms with E-state index in [0.29, 0.717) is 11.0 Å². The average Bonchev–Trinajstić information content (AvgIpc) is 2.36. The lowest BCUT2D eigenvalue weighted by atomic mass is 9.70. The Kier molecular flexibility index (Phi) is 4.02. The highest BCUT2D eigenvalue weighted by atomic mass is 16.5. The summed E-state index contributed by atoms with van der Waals surface area (Å²) in [7, 11) is 1.40. The molecule has 0 bridgehead atoms. The van der Waals surface area contributed by atoms with Gasteiger partial charge in [0.2, 0.25) is 0 Å². The highest BCUT2D eigenvalue weighted by molar-refractivity contribution is 5.89. The highest BCUT2D eigenvalue weighted by Crippen LogP contribution is 2.39. The van der Waals surface area contributed by atoms with Crippen molar-refractivity contribution in [3.05, 3.63) is 35.4 Å². The van der Waals surface area contributed by atoms with Gasteiger partial charge in [0, 0.05) is 13.1 Å². The Bertz CT molecular complexity index is 407. The molecule has 1 fully saturated rings. The van der Waals surface area contributed by atoms with Gasteiger partial charge in [-0.25, -0.2) is 4.79 Å². The third-order valence-electron chi connectivity index (χ3n) is 3.82. The van der Waals surface area contributed by atoms with Gasteiger partial charge in [-0.15, -0.1) is 0 Å². The number of nitrogens with one attached hydrogen (secondary N) is 1. The second-order valence-electron chi connectivity index (χ2n) is 5.46. The van der Waals surface area contributed by atoms with Crippen molar-refractivity contribution in [1.82, 2.24) is 5.32 Å². The Labute approximate surface area is 109 Å². The van der Waals surface area contributed by atoms with Crippen molar-refractivity contribution >= 4 is 5.97 Å². The van der Waals surface area contributed by atoms with Crippen LogP contribution in [0.2, 0.25) is 0 Å². The lowest BCUT2D eigenvalue weighted by Gasteiger charge is -2.38. The van der Waals surface area contributed by atoms with E-state index in [1.165, 1.54) is 31.9 Å². The first-order valence-corrected chi connectivity index (χ1v) is 6.51. The van der Waals surface area contributed by atoms with Crippen LogP contribution < -0.4 is 5.32 Å². The van der Waals surface area contributed by atoms with E-state index in [9.17, 15) is 4.79 Å². The maximum absolute atomic E-state index is 11.3. The van der Waals surface area contributed by atoms with Gasteiger partial charge in [-0.3, -0.25) is 0 Å². The van der Waals surface area contributed by atoms with Gasteiger partial charge in [0.1, 0.15) is 0 Å². The van der Waals surface area contributed by atoms with Gasteiger partial charge in [0.05, 0.1) is 12.7 Å². The number of benzene rings is 1. The summed E-state index contributed by atoms with van der Waals surface area (Å²) in [6.45, 7) is 4.27. The summed E-state index contributed by atoms with van der Waals surface area (Å²) < 4.78 is 4.67. The zero-order valence-corrected chi connectivity index (χ0v) is 11.2. The Balaban J connectivity index is 1.81. The van der Waals surface area contributed by atoms with Crippen LogP contribution in [0.15, 0.2) is 24.3 Å². The molecule has 0 aliphatic heterocycles. The minimum atomic E-state index is -0.281. The van der Waals surface area contributed by atoms with Crippen LogP contribution in [0.25, 0.3) is 0 Å². The van der Waals surface area contributed by atoms with Crippen LogP contribution in [0.5, 0.6) is 0 Å². The van der Waals surface area contributed by atoms with Crippen LogP contribution in [-0.2, 0) is 11.3 Å². The minimum Gasteiger partial charge on any atom is -0.465 e. The average molecular weight is 247 g/mol. The molecule has 98 valence electrons. The molecule has 1 aromatic rings. The topological polar surface area (TPSA) is 38.3 Å². The third-order valence-corrected chi connectivity index (χ3v) is 3.82. The molecule has 2 rings (SSSR count). The molecular formula is C15H21NO2. The fraction of sp³-hybridized carbons (Fsp3) is 0.533. The molecule has 18 heavy (non-hydrogen) atoms. The Hall–Kier alpha value is -1.35. The van der Waals surface area contributed by atoms with Gasteiger partial charge < -0.3 is 10.1 Å². The van der Waals surface area contributed by atoms with Crippen molar-refractivity contribution in [2.75, 3.05) is 13.7 Å². The normalized spacial score (nSPS) is 17.0. The fourth-order valence-electron chi connectivity index (χ4n) is 2.34. The number of hydrogen-bond acceptors (Lipinski definition) is 3. The number of rotatable bonds is 5. The van der Waals surface area contributed by atoms with E-state index < -0.39 is 0 Å². The standard InChI is InChI=1S/C15H21NO2/c1-15(8-3-9-15)11-16-10-12-4-6-13(7-5-12)14(17)18-2/h4-7,16H,3,8-11H2,1-2H3. The molecule has 0 atom stereocenters. The van der Waals surface area contributed by atoms with E-state index >= 15 is 0 Å². The van der Waals surface area contributed by atoms with Crippen LogP contribution in [0.3, 0.4) is 0 Å². The molecule has 3 nitrogen and oxygen atoms in total. The summed E-state index contributed by atoms with van der Waals surface area (Å²) in [6, 6.07) is 7.58. The maximum Gasteiger partial charge on any atom is 0.337 e. The summed E-state index contributed by atoms with van der Waals surface area (Å²) in [5.41, 5.74) is 2.31. The van der Waals surface area contributed by atoms with E-state index in [1.807, 2.05) is 24.3 Å². The first kappa shape index (κ1) is 13.1. The number of carbonyl (C=O) groups is 1. The van der Waals surface area contributed by atoms with Gasteiger partial charge in [0.15, 0.2) is 0 Å². The van der Waals surface area contributed by atoms with Crippen molar-refractivity contribution in [2.24, 2.45) is 5.41 Å². The predicted octanol–water partition coefficient (Wildman–Crippen LogP) is 2.75. The smallest absolute Gasteiger partial charge is 0.337 e. The quantitative estimate of drug-likeness (QED) is 0.813. The molecule has 1 saturated carbocycles. The third kappa shape index (κ3) is 3.10. The molecule has 1 aliphatic rings. The van der Waals surface area contributed by atoms with Crippen LogP contribution in [0.1, 0.15) is 42.1 Å². The molecule has 1 aromatic carbocycles. The molecular weight excluding hydrogens is 226 g/mol. The van der Waals surface area contributed by atoms with E-state index in [2.05, 4.69) is 17.0 Å². The second kappa shape index (κ2) is 5.53. The van der Waals surface area contributed by atoms with Crippen molar-refractivity contribution in [3.8, 4) is 0 Å². The zero-order valence-electron chi connectivity index (χ0n) is 11.2. The van der Waals surface area contributed by atoms with Crippen molar-refractivity contribution in [1.29, 1.82) is 0 Å². The summed E-state index contributed by atoms with van der Waals surface area (Å²) in [5.74, 6) is -0.281. The summed E-state index contributed by atoms with van der Waals surface area (Å²) >= 11 is 0. The van der Waals surface area contributed by atoms with Gasteiger partial charge in [0.25, 0.3) is 0 Å². The number of esters is 1. The molecule has 0 unspecified atom stereocenters. The molecule has 0 aromatic heterocycles. The van der Waals surface area contributed by atoms with Gasteiger partial charge in [-0.1, -0.05) is 25.5 Å². The van der Waals surface area contributed by atoms with Crippen molar-refractivity contribution < 1.29 is 9.53 Å². The van der Waals surface area contributed by atoms with Crippen LogP contribution in [0.4, 0.5) is 0 Å². The second-order valence-corrected chi connectivity index (χ2v) is 5.46. The number of hydrogen-bond donors (Lipinski definition) is 1. The van der Waals surface area contributed by atoms with Crippen LogP contribution >= 0.6 is 0 Å². The molecule has 0 amide bonds. The van der Waals surface area contributed by atoms with Gasteiger partial charge >= 0.3 is 5.97 Å². The largest absolute Gasteiger partial charge is 0.465 e. The van der Waals surface area contributed by atoms with Gasteiger partial charge in [-0.05, 0) is 36.0 Å². The maximum atomic E-state index is 11.3. The molecule has 0 spiro atoms. The molecule has 1 aliphatic carbocycles. The van der Waals surface area contributed by atoms with E-state index in [1.54, 1.807) is 0 Å². The lowest BCUT2D eigenvalue weighted by Crippen LogP contribution is -2.36. The predicted molar refractivity (Wildman–Crippen MR) is 71.4 cm³/mol. The monoisotopic (exact) mass is 247 g/mol. The van der Waals surface area contributed by atoms with E-state index in [4.69, 9.17) is 0 Å². The minimum absolute atomic E-state index is 0.281. The van der Waals surface area contributed by atoms with Gasteiger partial charge in [-0.2, -0.15) is 0 Å². The first-order valence-electron chi connectivity index (χ1n) is 6.51. The number of carbonyl (C=O) groups excluding carboxylic acids is 1. The van der Waals surface area contributed by atoms with Crippen LogP contribution in [0, 0.1) is 5.41 Å². The number of ether oxygens (including phenoxy) is 1. The van der Waals surface area contributed by atoms with Crippen molar-refractivity contribution in [3.63, 3.8) is 0 Å². The summed E-state index contributed by atoms with van der Waals surface area (Å²) in [5, 5.41) is 3.49. The first-order chi connectivity index (χ1) is 8.63. The van der Waals surface area contributed by atoms with E-state index in [-0.39, 0.29) is 5.97 Å². The zero-order chi connectivity index (χ0) is 13.0. The lowest BCUT2D eigenvalue weighted by molar-refractivity contribution is 0.0600. The Morgan fingerprint density at radius 2 is 2.00 bits per heavy atom.